The van der Waals surface area contributed by atoms with Gasteiger partial charge in [-0.15, -0.1) is 0 Å². The Labute approximate surface area is 157 Å². The first-order chi connectivity index (χ1) is 12.6. The summed E-state index contributed by atoms with van der Waals surface area (Å²) in [6, 6.07) is 9.51. The summed E-state index contributed by atoms with van der Waals surface area (Å²) in [5.74, 6) is 1.24. The Balaban J connectivity index is 1.35. The lowest BCUT2D eigenvalue weighted by atomic mass is 9.94. The lowest BCUT2D eigenvalue weighted by Crippen LogP contribution is -2.40. The molecule has 26 heavy (non-hydrogen) atoms. The molecular weight excluding hydrogens is 348 g/mol. The lowest BCUT2D eigenvalue weighted by Gasteiger charge is -2.31. The highest BCUT2D eigenvalue weighted by atomic mass is 32.2. The van der Waals surface area contributed by atoms with Crippen molar-refractivity contribution in [2.75, 3.05) is 11.1 Å². The number of ether oxygens (including phenoxy) is 2. The normalized spacial score (nSPS) is 17.3. The Morgan fingerprint density at radius 1 is 1.15 bits per heavy atom. The van der Waals surface area contributed by atoms with Crippen molar-refractivity contribution in [1.82, 2.24) is 4.98 Å². The summed E-state index contributed by atoms with van der Waals surface area (Å²) in [7, 11) is 0. The number of aromatic nitrogens is 1. The molecule has 1 spiro atoms. The van der Waals surface area contributed by atoms with Gasteiger partial charge in [-0.25, -0.2) is 4.98 Å². The minimum absolute atomic E-state index is 0.0661. The molecule has 1 aliphatic carbocycles. The molecule has 0 radical (unpaired) electrons. The van der Waals surface area contributed by atoms with Crippen molar-refractivity contribution in [2.45, 2.75) is 49.8 Å². The summed E-state index contributed by atoms with van der Waals surface area (Å²) >= 11 is 1.42. The fraction of sp³-hybridized carbons (Fsp3) is 0.400. The Morgan fingerprint density at radius 3 is 2.73 bits per heavy atom. The van der Waals surface area contributed by atoms with Gasteiger partial charge in [-0.2, -0.15) is 0 Å². The quantitative estimate of drug-likeness (QED) is 0.800. The Hall–Kier alpha value is -2.21. The van der Waals surface area contributed by atoms with Crippen LogP contribution in [0.25, 0.3) is 0 Å². The maximum atomic E-state index is 12.2. The second-order valence-electron chi connectivity index (χ2n) is 6.85. The van der Waals surface area contributed by atoms with Gasteiger partial charge < -0.3 is 14.8 Å². The minimum atomic E-state index is -0.490. The molecule has 0 bridgehead atoms. The number of benzene rings is 1. The van der Waals surface area contributed by atoms with Crippen molar-refractivity contribution in [3.8, 4) is 11.5 Å². The third-order valence-electron chi connectivity index (χ3n) is 4.67. The number of aryl methyl sites for hydroxylation is 1. The molecule has 5 nitrogen and oxygen atoms in total. The molecule has 136 valence electrons. The first-order valence-electron chi connectivity index (χ1n) is 8.99. The largest absolute Gasteiger partial charge is 0.448 e. The predicted octanol–water partition coefficient (Wildman–Crippen LogP) is 4.55. The highest BCUT2D eigenvalue weighted by molar-refractivity contribution is 7.99. The predicted molar refractivity (Wildman–Crippen MR) is 102 cm³/mol. The fourth-order valence-electron chi connectivity index (χ4n) is 3.34. The van der Waals surface area contributed by atoms with Crippen molar-refractivity contribution in [2.24, 2.45) is 0 Å². The monoisotopic (exact) mass is 370 g/mol. The fourth-order valence-corrected chi connectivity index (χ4v) is 3.98. The number of amides is 1. The number of fused-ring (bicyclic) bond motifs is 1. The SMILES string of the molecule is Cc1ccc(SCC(=O)Nc2ccc3c(c2)OC2(CCCCC2)O3)nc1. The third-order valence-corrected chi connectivity index (χ3v) is 5.61. The molecule has 2 heterocycles. The van der Waals surface area contributed by atoms with Gasteiger partial charge in [0.25, 0.3) is 5.79 Å². The van der Waals surface area contributed by atoms with E-state index < -0.39 is 5.79 Å². The maximum Gasteiger partial charge on any atom is 0.251 e. The maximum absolute atomic E-state index is 12.2. The number of pyridine rings is 1. The second-order valence-corrected chi connectivity index (χ2v) is 7.84. The smallest absolute Gasteiger partial charge is 0.251 e. The molecule has 4 rings (SSSR count). The van der Waals surface area contributed by atoms with Gasteiger partial charge in [0, 0.05) is 30.8 Å². The molecule has 2 aliphatic rings. The van der Waals surface area contributed by atoms with Gasteiger partial charge in [-0.3, -0.25) is 4.79 Å². The molecule has 0 unspecified atom stereocenters. The van der Waals surface area contributed by atoms with Gasteiger partial charge in [0.2, 0.25) is 5.91 Å². The van der Waals surface area contributed by atoms with E-state index >= 15 is 0 Å². The Morgan fingerprint density at radius 2 is 1.96 bits per heavy atom. The van der Waals surface area contributed by atoms with Crippen molar-refractivity contribution in [3.63, 3.8) is 0 Å². The van der Waals surface area contributed by atoms with Gasteiger partial charge in [0.05, 0.1) is 10.8 Å². The molecule has 1 aliphatic heterocycles. The van der Waals surface area contributed by atoms with Crippen molar-refractivity contribution >= 4 is 23.4 Å². The van der Waals surface area contributed by atoms with Gasteiger partial charge in [0.1, 0.15) is 0 Å². The second kappa shape index (κ2) is 7.19. The van der Waals surface area contributed by atoms with Crippen molar-refractivity contribution < 1.29 is 14.3 Å². The number of anilines is 1. The zero-order chi connectivity index (χ0) is 18.0. The van der Waals surface area contributed by atoms with E-state index in [-0.39, 0.29) is 5.91 Å². The molecule has 1 amide bonds. The highest BCUT2D eigenvalue weighted by Gasteiger charge is 2.42. The van der Waals surface area contributed by atoms with Crippen LogP contribution in [0.3, 0.4) is 0 Å². The number of carbonyl (C=O) groups is 1. The molecule has 1 aromatic heterocycles. The number of thioether (sulfide) groups is 1. The highest BCUT2D eigenvalue weighted by Crippen LogP contribution is 2.46. The minimum Gasteiger partial charge on any atom is -0.448 e. The van der Waals surface area contributed by atoms with Crippen molar-refractivity contribution in [3.05, 3.63) is 42.1 Å². The topological polar surface area (TPSA) is 60.5 Å². The van der Waals surface area contributed by atoms with E-state index in [2.05, 4.69) is 10.3 Å². The molecule has 0 saturated heterocycles. The summed E-state index contributed by atoms with van der Waals surface area (Å²) in [5.41, 5.74) is 1.83. The van der Waals surface area contributed by atoms with E-state index in [0.717, 1.165) is 53.5 Å². The van der Waals surface area contributed by atoms with E-state index in [0.29, 0.717) is 5.75 Å². The molecule has 2 aromatic rings. The van der Waals surface area contributed by atoms with Gasteiger partial charge >= 0.3 is 0 Å². The zero-order valence-corrected chi connectivity index (χ0v) is 15.6. The molecule has 6 heteroatoms. The van der Waals surface area contributed by atoms with Crippen LogP contribution in [0, 0.1) is 6.92 Å². The van der Waals surface area contributed by atoms with Crippen LogP contribution in [-0.4, -0.2) is 22.4 Å². The van der Waals surface area contributed by atoms with Crippen LogP contribution in [0.4, 0.5) is 5.69 Å². The van der Waals surface area contributed by atoms with E-state index in [1.54, 1.807) is 6.20 Å². The van der Waals surface area contributed by atoms with Gasteiger partial charge in [-0.1, -0.05) is 24.2 Å². The third kappa shape index (κ3) is 3.80. The van der Waals surface area contributed by atoms with Gasteiger partial charge in [0.15, 0.2) is 11.5 Å². The molecular formula is C20H22N2O3S. The van der Waals surface area contributed by atoms with Crippen LogP contribution >= 0.6 is 11.8 Å². The Bertz CT molecular complexity index is 801. The average Bonchev–Trinajstić information content (AvgIpc) is 2.98. The van der Waals surface area contributed by atoms with Crippen LogP contribution in [0.5, 0.6) is 11.5 Å². The molecule has 1 aromatic carbocycles. The van der Waals surface area contributed by atoms with Crippen molar-refractivity contribution in [1.29, 1.82) is 0 Å². The molecule has 1 fully saturated rings. The van der Waals surface area contributed by atoms with E-state index in [4.69, 9.17) is 9.47 Å². The summed E-state index contributed by atoms with van der Waals surface area (Å²) in [5, 5.41) is 3.76. The van der Waals surface area contributed by atoms with Crippen LogP contribution < -0.4 is 14.8 Å². The number of nitrogens with one attached hydrogen (secondary N) is 1. The lowest BCUT2D eigenvalue weighted by molar-refractivity contribution is -0.113. The van der Waals surface area contributed by atoms with E-state index in [1.165, 1.54) is 18.2 Å². The number of hydrogen-bond donors (Lipinski definition) is 1. The first kappa shape index (κ1) is 17.2. The molecule has 1 N–H and O–H groups in total. The number of hydrogen-bond acceptors (Lipinski definition) is 5. The van der Waals surface area contributed by atoms with E-state index in [9.17, 15) is 4.79 Å². The number of carbonyl (C=O) groups excluding carboxylic acids is 1. The summed E-state index contributed by atoms with van der Waals surface area (Å²) in [4.78, 5) is 16.5. The standard InChI is InChI=1S/C20H22N2O3S/c1-14-5-8-19(21-12-14)26-13-18(23)22-15-6-7-16-17(11-15)25-20(24-16)9-3-2-4-10-20/h5-8,11-12H,2-4,9-10,13H2,1H3,(H,22,23). The summed E-state index contributed by atoms with van der Waals surface area (Å²) in [6.07, 6.45) is 7.13. The van der Waals surface area contributed by atoms with Crippen LogP contribution in [-0.2, 0) is 4.79 Å². The van der Waals surface area contributed by atoms with Crippen LogP contribution in [0.1, 0.15) is 37.7 Å². The van der Waals surface area contributed by atoms with Crippen LogP contribution in [0.2, 0.25) is 0 Å². The zero-order valence-electron chi connectivity index (χ0n) is 14.8. The van der Waals surface area contributed by atoms with E-state index in [1.807, 2.05) is 37.3 Å². The summed E-state index contributed by atoms with van der Waals surface area (Å²) < 4.78 is 12.2. The molecule has 0 atom stereocenters. The Kier molecular flexibility index (Phi) is 4.76. The summed E-state index contributed by atoms with van der Waals surface area (Å²) in [6.45, 7) is 1.99. The van der Waals surface area contributed by atoms with Crippen LogP contribution in [0.15, 0.2) is 41.6 Å². The number of rotatable bonds is 4. The number of nitrogens with zero attached hydrogens (tertiary/aromatic N) is 1. The first-order valence-corrected chi connectivity index (χ1v) is 9.98. The molecule has 1 saturated carbocycles. The van der Waals surface area contributed by atoms with Gasteiger partial charge in [-0.05, 0) is 43.5 Å². The average molecular weight is 370 g/mol.